The molecule has 0 aliphatic rings. The van der Waals surface area contributed by atoms with Crippen molar-refractivity contribution in [3.8, 4) is 0 Å². The Labute approximate surface area is 99.2 Å². The normalized spacial score (nSPS) is 11.9. The lowest BCUT2D eigenvalue weighted by molar-refractivity contribution is -0.147. The summed E-state index contributed by atoms with van der Waals surface area (Å²) >= 11 is 1.06. The largest absolute Gasteiger partial charge is 0.468 e. The molecule has 86 valence electrons. The lowest BCUT2D eigenvalue weighted by Gasteiger charge is -2.11. The molecule has 0 fully saturated rings. The van der Waals surface area contributed by atoms with Gasteiger partial charge >= 0.3 is 5.97 Å². The van der Waals surface area contributed by atoms with E-state index in [1.807, 2.05) is 30.3 Å². The van der Waals surface area contributed by atoms with Gasteiger partial charge in [-0.15, -0.1) is 0 Å². The number of methoxy groups -OCH3 is 1. The number of benzene rings is 1. The second-order valence-electron chi connectivity index (χ2n) is 3.29. The first-order valence-electron chi connectivity index (χ1n) is 4.88. The molecule has 0 aliphatic heterocycles. The zero-order valence-corrected chi connectivity index (χ0v) is 10.1. The molecule has 4 heteroatoms. The van der Waals surface area contributed by atoms with E-state index >= 15 is 0 Å². The van der Waals surface area contributed by atoms with Gasteiger partial charge in [-0.05, 0) is 18.2 Å². The Bertz CT molecular complexity index is 346. The van der Waals surface area contributed by atoms with Gasteiger partial charge < -0.3 is 4.74 Å². The van der Waals surface area contributed by atoms with Crippen LogP contribution in [0.4, 0.5) is 0 Å². The molecule has 3 nitrogen and oxygen atoms in total. The Kier molecular flexibility index (Phi) is 5.05. The van der Waals surface area contributed by atoms with Crippen molar-refractivity contribution in [1.29, 1.82) is 0 Å². The second kappa shape index (κ2) is 6.33. The van der Waals surface area contributed by atoms with Gasteiger partial charge in [0.1, 0.15) is 5.92 Å². The molecular weight excluding hydrogens is 224 g/mol. The Morgan fingerprint density at radius 2 is 1.94 bits per heavy atom. The molecule has 0 amide bonds. The fourth-order valence-electron chi connectivity index (χ4n) is 1.40. The molecule has 0 N–H and O–H groups in total. The third-order valence-electron chi connectivity index (χ3n) is 2.25. The third-order valence-corrected chi connectivity index (χ3v) is 2.94. The lowest BCUT2D eigenvalue weighted by atomic mass is 10.0. The zero-order valence-electron chi connectivity index (χ0n) is 9.30. The molecule has 16 heavy (non-hydrogen) atoms. The molecule has 0 saturated carbocycles. The summed E-state index contributed by atoms with van der Waals surface area (Å²) in [5, 5.41) is -0.157. The maximum atomic E-state index is 11.6. The van der Waals surface area contributed by atoms with Crippen molar-refractivity contribution >= 4 is 22.8 Å². The highest BCUT2D eigenvalue weighted by molar-refractivity contribution is 8.13. The summed E-state index contributed by atoms with van der Waals surface area (Å²) in [6, 6.07) is 9.45. The van der Waals surface area contributed by atoms with Crippen molar-refractivity contribution in [3.05, 3.63) is 35.9 Å². The van der Waals surface area contributed by atoms with E-state index in [9.17, 15) is 9.59 Å². The van der Waals surface area contributed by atoms with Crippen LogP contribution in [0.25, 0.3) is 0 Å². The Balaban J connectivity index is 2.79. The van der Waals surface area contributed by atoms with E-state index < -0.39 is 11.9 Å². The first-order chi connectivity index (χ1) is 7.69. The number of ether oxygens (including phenoxy) is 1. The molecule has 0 saturated heterocycles. The predicted molar refractivity (Wildman–Crippen MR) is 64.2 cm³/mol. The van der Waals surface area contributed by atoms with Gasteiger partial charge in [-0.1, -0.05) is 42.1 Å². The van der Waals surface area contributed by atoms with Crippen LogP contribution in [0.15, 0.2) is 30.3 Å². The smallest absolute Gasteiger partial charge is 0.317 e. The molecule has 0 heterocycles. The third kappa shape index (κ3) is 3.38. The number of rotatable bonds is 4. The maximum Gasteiger partial charge on any atom is 0.317 e. The Morgan fingerprint density at radius 1 is 1.31 bits per heavy atom. The average molecular weight is 238 g/mol. The minimum absolute atomic E-state index is 0.157. The summed E-state index contributed by atoms with van der Waals surface area (Å²) < 4.78 is 4.63. The maximum absolute atomic E-state index is 11.6. The number of hydrogen-bond donors (Lipinski definition) is 0. The van der Waals surface area contributed by atoms with Crippen LogP contribution in [0.1, 0.15) is 5.56 Å². The highest BCUT2D eigenvalue weighted by atomic mass is 32.2. The number of hydrogen-bond acceptors (Lipinski definition) is 4. The number of thioether (sulfide) groups is 1. The van der Waals surface area contributed by atoms with Crippen molar-refractivity contribution in [3.63, 3.8) is 0 Å². The molecule has 0 aliphatic carbocycles. The molecule has 1 aromatic carbocycles. The first-order valence-corrected chi connectivity index (χ1v) is 6.11. The molecule has 1 unspecified atom stereocenters. The van der Waals surface area contributed by atoms with E-state index in [0.29, 0.717) is 6.42 Å². The molecular formula is C12H14O3S. The van der Waals surface area contributed by atoms with E-state index in [0.717, 1.165) is 17.3 Å². The van der Waals surface area contributed by atoms with Gasteiger partial charge in [-0.3, -0.25) is 9.59 Å². The highest BCUT2D eigenvalue weighted by Crippen LogP contribution is 2.16. The molecule has 0 radical (unpaired) electrons. The van der Waals surface area contributed by atoms with Crippen LogP contribution < -0.4 is 0 Å². The van der Waals surface area contributed by atoms with Crippen molar-refractivity contribution in [2.24, 2.45) is 5.92 Å². The van der Waals surface area contributed by atoms with Gasteiger partial charge in [0.15, 0.2) is 0 Å². The molecule has 0 spiro atoms. The summed E-state index contributed by atoms with van der Waals surface area (Å²) in [6.45, 7) is 0. The van der Waals surface area contributed by atoms with E-state index in [1.165, 1.54) is 7.11 Å². The Hall–Kier alpha value is -1.29. The second-order valence-corrected chi connectivity index (χ2v) is 4.10. The molecule has 1 aromatic rings. The molecule has 1 atom stereocenters. The number of esters is 1. The van der Waals surface area contributed by atoms with Crippen molar-refractivity contribution < 1.29 is 14.3 Å². The summed E-state index contributed by atoms with van der Waals surface area (Å²) in [4.78, 5) is 23.0. The predicted octanol–water partition coefficient (Wildman–Crippen LogP) is 1.91. The average Bonchev–Trinajstić information content (AvgIpc) is 2.35. The topological polar surface area (TPSA) is 43.4 Å². The summed E-state index contributed by atoms with van der Waals surface area (Å²) in [6.07, 6.45) is 2.07. The monoisotopic (exact) mass is 238 g/mol. The first kappa shape index (κ1) is 12.8. The van der Waals surface area contributed by atoms with E-state index in [4.69, 9.17) is 0 Å². The van der Waals surface area contributed by atoms with Crippen molar-refractivity contribution in [2.45, 2.75) is 6.42 Å². The lowest BCUT2D eigenvalue weighted by Crippen LogP contribution is -2.25. The van der Waals surface area contributed by atoms with Crippen LogP contribution >= 0.6 is 11.8 Å². The van der Waals surface area contributed by atoms with Gasteiger partial charge in [0.2, 0.25) is 5.12 Å². The molecule has 0 bridgehead atoms. The standard InChI is InChI=1S/C12H14O3S/c1-15-11(13)10(12(14)16-2)8-9-6-4-3-5-7-9/h3-7,10H,8H2,1-2H3. The zero-order chi connectivity index (χ0) is 12.0. The quantitative estimate of drug-likeness (QED) is 0.593. The van der Waals surface area contributed by atoms with Gasteiger partial charge in [-0.2, -0.15) is 0 Å². The van der Waals surface area contributed by atoms with Crippen LogP contribution in [0, 0.1) is 5.92 Å². The van der Waals surface area contributed by atoms with Crippen LogP contribution in [0.2, 0.25) is 0 Å². The van der Waals surface area contributed by atoms with Crippen molar-refractivity contribution in [2.75, 3.05) is 13.4 Å². The fourth-order valence-corrected chi connectivity index (χ4v) is 1.86. The highest BCUT2D eigenvalue weighted by Gasteiger charge is 2.26. The number of carbonyl (C=O) groups excluding carboxylic acids is 2. The van der Waals surface area contributed by atoms with Crippen LogP contribution in [0.3, 0.4) is 0 Å². The minimum Gasteiger partial charge on any atom is -0.468 e. The van der Waals surface area contributed by atoms with Crippen LogP contribution in [-0.2, 0) is 20.7 Å². The summed E-state index contributed by atoms with van der Waals surface area (Å²) in [5.41, 5.74) is 0.959. The van der Waals surface area contributed by atoms with E-state index in [1.54, 1.807) is 6.26 Å². The van der Waals surface area contributed by atoms with Crippen LogP contribution in [0.5, 0.6) is 0 Å². The van der Waals surface area contributed by atoms with Gasteiger partial charge in [0, 0.05) is 0 Å². The van der Waals surface area contributed by atoms with E-state index in [2.05, 4.69) is 4.74 Å². The van der Waals surface area contributed by atoms with Gasteiger partial charge in [-0.25, -0.2) is 0 Å². The minimum atomic E-state index is -0.706. The van der Waals surface area contributed by atoms with E-state index in [-0.39, 0.29) is 5.12 Å². The number of carbonyl (C=O) groups is 2. The molecule has 0 aromatic heterocycles. The summed E-state index contributed by atoms with van der Waals surface area (Å²) in [5.74, 6) is -1.18. The van der Waals surface area contributed by atoms with Crippen molar-refractivity contribution in [1.82, 2.24) is 0 Å². The fraction of sp³-hybridized carbons (Fsp3) is 0.333. The van der Waals surface area contributed by atoms with Gasteiger partial charge in [0.25, 0.3) is 0 Å². The summed E-state index contributed by atoms with van der Waals surface area (Å²) in [7, 11) is 1.30. The molecule has 1 rings (SSSR count). The Morgan fingerprint density at radius 3 is 2.44 bits per heavy atom. The SMILES string of the molecule is COC(=O)C(Cc1ccccc1)C(=O)SC. The van der Waals surface area contributed by atoms with Crippen LogP contribution in [-0.4, -0.2) is 24.5 Å². The van der Waals surface area contributed by atoms with Gasteiger partial charge in [0.05, 0.1) is 7.11 Å².